The Kier molecular flexibility index (Phi) is 6.54. The van der Waals surface area contributed by atoms with Crippen molar-refractivity contribution >= 4 is 5.97 Å². The van der Waals surface area contributed by atoms with Gasteiger partial charge in [-0.15, -0.1) is 0 Å². The van der Waals surface area contributed by atoms with Crippen molar-refractivity contribution < 1.29 is 20.1 Å². The lowest BCUT2D eigenvalue weighted by molar-refractivity contribution is -0.159. The first-order chi connectivity index (χ1) is 6.09. The average Bonchev–Trinajstić information content (AvgIpc) is 2.02. The molecule has 78 valence electrons. The second-order valence-electron chi connectivity index (χ2n) is 3.21. The summed E-state index contributed by atoms with van der Waals surface area (Å²) in [6.07, 6.45) is 2.44. The highest BCUT2D eigenvalue weighted by molar-refractivity contribution is 5.70. The number of rotatable bonds is 7. The van der Waals surface area contributed by atoms with Crippen LogP contribution >= 0.6 is 0 Å². The van der Waals surface area contributed by atoms with Gasteiger partial charge in [-0.3, -0.25) is 4.79 Å². The monoisotopic (exact) mass is 190 g/mol. The Balaban J connectivity index is 3.64. The molecule has 1 unspecified atom stereocenters. The third kappa shape index (κ3) is 5.60. The number of aliphatic carboxylic acids is 1. The maximum Gasteiger partial charge on any atom is 0.311 e. The highest BCUT2D eigenvalue weighted by atomic mass is 16.5. The second-order valence-corrected chi connectivity index (χ2v) is 3.21. The number of carbonyl (C=O) groups is 1. The van der Waals surface area contributed by atoms with E-state index in [1.807, 2.05) is 0 Å². The van der Waals surface area contributed by atoms with Gasteiger partial charge in [0.05, 0.1) is 0 Å². The van der Waals surface area contributed by atoms with E-state index in [0.29, 0.717) is 6.42 Å². The minimum absolute atomic E-state index is 0.340. The fraction of sp³-hybridized carbons (Fsp3) is 0.889. The third-order valence-corrected chi connectivity index (χ3v) is 2.05. The zero-order chi connectivity index (χ0) is 10.3. The molecule has 0 rings (SSSR count). The van der Waals surface area contributed by atoms with Crippen molar-refractivity contribution in [2.45, 2.75) is 45.3 Å². The third-order valence-electron chi connectivity index (χ3n) is 2.05. The summed E-state index contributed by atoms with van der Waals surface area (Å²) in [4.78, 5) is 10.5. The number of carboxylic acid groups (broad SMARTS) is 1. The van der Waals surface area contributed by atoms with E-state index >= 15 is 0 Å². The van der Waals surface area contributed by atoms with E-state index in [9.17, 15) is 4.79 Å². The first-order valence-electron chi connectivity index (χ1n) is 4.68. The molecule has 0 spiro atoms. The maximum absolute atomic E-state index is 10.5. The van der Waals surface area contributed by atoms with Crippen LogP contribution in [0.3, 0.4) is 0 Å². The standard InChI is InChI=1S/C9H18O4/c1-2-3-4-5-6-7(8(10)11)9(12)13/h7-8,10-11H,2-6H2,1H3,(H,12,13). The summed E-state index contributed by atoms with van der Waals surface area (Å²) in [6, 6.07) is 0. The molecule has 0 aromatic heterocycles. The molecule has 0 saturated carbocycles. The molecule has 0 aromatic rings. The molecule has 0 aliphatic rings. The lowest BCUT2D eigenvalue weighted by atomic mass is 10.0. The minimum Gasteiger partial charge on any atom is -0.481 e. The van der Waals surface area contributed by atoms with Gasteiger partial charge in [-0.05, 0) is 6.42 Å². The van der Waals surface area contributed by atoms with Gasteiger partial charge < -0.3 is 15.3 Å². The molecule has 0 aromatic carbocycles. The van der Waals surface area contributed by atoms with Crippen molar-refractivity contribution in [3.05, 3.63) is 0 Å². The van der Waals surface area contributed by atoms with Gasteiger partial charge in [0.2, 0.25) is 0 Å². The van der Waals surface area contributed by atoms with E-state index in [2.05, 4.69) is 6.92 Å². The summed E-state index contributed by atoms with van der Waals surface area (Å²) < 4.78 is 0. The van der Waals surface area contributed by atoms with Crippen LogP contribution in [0.4, 0.5) is 0 Å². The van der Waals surface area contributed by atoms with Crippen molar-refractivity contribution in [2.75, 3.05) is 0 Å². The Morgan fingerprint density at radius 3 is 2.23 bits per heavy atom. The lowest BCUT2D eigenvalue weighted by Crippen LogP contribution is -2.27. The van der Waals surface area contributed by atoms with Crippen LogP contribution in [-0.2, 0) is 4.79 Å². The molecule has 0 aliphatic carbocycles. The van der Waals surface area contributed by atoms with E-state index in [1.165, 1.54) is 0 Å². The molecule has 0 heterocycles. The molecule has 0 radical (unpaired) electrons. The summed E-state index contributed by atoms with van der Waals surface area (Å²) in [5.41, 5.74) is 0. The van der Waals surface area contributed by atoms with Crippen molar-refractivity contribution in [1.82, 2.24) is 0 Å². The molecular weight excluding hydrogens is 172 g/mol. The molecule has 4 heteroatoms. The number of hydrogen-bond donors (Lipinski definition) is 3. The SMILES string of the molecule is CCCCCCC(C(=O)O)C(O)O. The fourth-order valence-corrected chi connectivity index (χ4v) is 1.19. The van der Waals surface area contributed by atoms with Gasteiger partial charge in [-0.1, -0.05) is 32.6 Å². The second kappa shape index (κ2) is 6.86. The number of hydrogen-bond acceptors (Lipinski definition) is 3. The van der Waals surface area contributed by atoms with E-state index < -0.39 is 18.2 Å². The topological polar surface area (TPSA) is 77.8 Å². The molecule has 1 atom stereocenters. The van der Waals surface area contributed by atoms with Crippen molar-refractivity contribution in [2.24, 2.45) is 5.92 Å². The summed E-state index contributed by atoms with van der Waals surface area (Å²) in [5, 5.41) is 26.0. The number of aliphatic hydroxyl groups excluding tert-OH is 1. The van der Waals surface area contributed by atoms with Gasteiger partial charge in [0, 0.05) is 0 Å². The summed E-state index contributed by atoms with van der Waals surface area (Å²) in [6.45, 7) is 2.07. The highest BCUT2D eigenvalue weighted by Gasteiger charge is 2.23. The van der Waals surface area contributed by atoms with Crippen LogP contribution in [0.5, 0.6) is 0 Å². The average molecular weight is 190 g/mol. The molecule has 0 amide bonds. The minimum atomic E-state index is -1.74. The summed E-state index contributed by atoms with van der Waals surface area (Å²) in [5.74, 6) is -2.16. The highest BCUT2D eigenvalue weighted by Crippen LogP contribution is 2.13. The van der Waals surface area contributed by atoms with Crippen LogP contribution in [0.2, 0.25) is 0 Å². The molecule has 0 saturated heterocycles. The first kappa shape index (κ1) is 12.4. The predicted molar refractivity (Wildman–Crippen MR) is 48.1 cm³/mol. The normalized spacial score (nSPS) is 13.2. The van der Waals surface area contributed by atoms with E-state index in [4.69, 9.17) is 15.3 Å². The summed E-state index contributed by atoms with van der Waals surface area (Å²) in [7, 11) is 0. The first-order valence-corrected chi connectivity index (χ1v) is 4.68. The Morgan fingerprint density at radius 2 is 1.85 bits per heavy atom. The van der Waals surface area contributed by atoms with Crippen LogP contribution in [0.1, 0.15) is 39.0 Å². The Hall–Kier alpha value is -0.610. The van der Waals surface area contributed by atoms with E-state index in [1.54, 1.807) is 0 Å². The maximum atomic E-state index is 10.5. The summed E-state index contributed by atoms with van der Waals surface area (Å²) >= 11 is 0. The molecule has 4 nitrogen and oxygen atoms in total. The van der Waals surface area contributed by atoms with Crippen LogP contribution in [0.15, 0.2) is 0 Å². The van der Waals surface area contributed by atoms with Gasteiger partial charge in [0.1, 0.15) is 5.92 Å². The van der Waals surface area contributed by atoms with Gasteiger partial charge in [0.25, 0.3) is 0 Å². The number of aliphatic hydroxyl groups is 2. The van der Waals surface area contributed by atoms with Gasteiger partial charge in [-0.25, -0.2) is 0 Å². The van der Waals surface area contributed by atoms with E-state index in [0.717, 1.165) is 25.7 Å². The smallest absolute Gasteiger partial charge is 0.311 e. The van der Waals surface area contributed by atoms with Crippen LogP contribution in [0, 0.1) is 5.92 Å². The van der Waals surface area contributed by atoms with E-state index in [-0.39, 0.29) is 0 Å². The molecule has 0 fully saturated rings. The Labute approximate surface area is 78.2 Å². The largest absolute Gasteiger partial charge is 0.481 e. The van der Waals surface area contributed by atoms with Crippen molar-refractivity contribution in [3.63, 3.8) is 0 Å². The molecular formula is C9H18O4. The molecule has 3 N–H and O–H groups in total. The van der Waals surface area contributed by atoms with Crippen LogP contribution in [0.25, 0.3) is 0 Å². The predicted octanol–water partition coefficient (Wildman–Crippen LogP) is 0.968. The van der Waals surface area contributed by atoms with Crippen molar-refractivity contribution in [1.29, 1.82) is 0 Å². The molecule has 13 heavy (non-hydrogen) atoms. The quantitative estimate of drug-likeness (QED) is 0.413. The zero-order valence-corrected chi connectivity index (χ0v) is 7.94. The van der Waals surface area contributed by atoms with Gasteiger partial charge >= 0.3 is 5.97 Å². The van der Waals surface area contributed by atoms with Crippen molar-refractivity contribution in [3.8, 4) is 0 Å². The Bertz CT molecular complexity index is 145. The fourth-order valence-electron chi connectivity index (χ4n) is 1.19. The van der Waals surface area contributed by atoms with Gasteiger partial charge in [0.15, 0.2) is 6.29 Å². The van der Waals surface area contributed by atoms with Gasteiger partial charge in [-0.2, -0.15) is 0 Å². The number of carboxylic acids is 1. The van der Waals surface area contributed by atoms with Crippen LogP contribution in [-0.4, -0.2) is 27.6 Å². The Morgan fingerprint density at radius 1 is 1.23 bits per heavy atom. The molecule has 0 bridgehead atoms. The van der Waals surface area contributed by atoms with Crippen LogP contribution < -0.4 is 0 Å². The number of unbranched alkanes of at least 4 members (excludes halogenated alkanes) is 3. The lowest BCUT2D eigenvalue weighted by Gasteiger charge is -2.13. The zero-order valence-electron chi connectivity index (χ0n) is 7.94. The molecule has 0 aliphatic heterocycles.